The fourth-order valence-corrected chi connectivity index (χ4v) is 1.10. The molecule has 1 aromatic carbocycles. The highest BCUT2D eigenvalue weighted by atomic mass is 14.6. The maximum atomic E-state index is 5.80. The number of hydrogen-bond donors (Lipinski definition) is 2. The maximum absolute atomic E-state index is 5.80. The van der Waals surface area contributed by atoms with Crippen molar-refractivity contribution in [2.45, 2.75) is 34.6 Å². The lowest BCUT2D eigenvalue weighted by Gasteiger charge is -2.09. The molecule has 0 aromatic heterocycles. The molecular formula is C11H20N2. The minimum absolute atomic E-state index is 0.783. The van der Waals surface area contributed by atoms with Gasteiger partial charge in [-0.15, -0.1) is 0 Å². The Hall–Kier alpha value is -1.18. The number of hydrogen-bond acceptors (Lipinski definition) is 2. The summed E-state index contributed by atoms with van der Waals surface area (Å²) in [6, 6.07) is 1.96. The average molecular weight is 180 g/mol. The third kappa shape index (κ3) is 2.38. The van der Waals surface area contributed by atoms with Crippen LogP contribution in [0.4, 0.5) is 11.4 Å². The Balaban J connectivity index is 0.000000671. The topological polar surface area (TPSA) is 52.0 Å². The molecule has 0 aliphatic rings. The molecule has 0 spiro atoms. The molecule has 0 fully saturated rings. The summed E-state index contributed by atoms with van der Waals surface area (Å²) in [6.45, 7) is 9.97. The van der Waals surface area contributed by atoms with Crippen molar-refractivity contribution in [2.75, 3.05) is 11.5 Å². The highest BCUT2D eigenvalue weighted by Gasteiger charge is 2.03. The first-order valence-electron chi connectivity index (χ1n) is 4.65. The number of rotatable bonds is 0. The summed E-state index contributed by atoms with van der Waals surface area (Å²) in [6.07, 6.45) is 0. The molecule has 0 bridgehead atoms. The van der Waals surface area contributed by atoms with E-state index in [1.807, 2.05) is 40.7 Å². The Kier molecular flexibility index (Phi) is 4.32. The van der Waals surface area contributed by atoms with Gasteiger partial charge < -0.3 is 11.5 Å². The standard InChI is InChI=1S/C9H14N2.C2H6/c1-5-4-8(10)7(3)9(11)6(5)2;1-2/h4H,10-11H2,1-3H3;1-2H3. The van der Waals surface area contributed by atoms with Crippen molar-refractivity contribution in [1.29, 1.82) is 0 Å². The van der Waals surface area contributed by atoms with E-state index in [1.54, 1.807) is 0 Å². The number of nitrogens with two attached hydrogens (primary N) is 2. The first-order chi connectivity index (χ1) is 6.04. The minimum Gasteiger partial charge on any atom is -0.398 e. The van der Waals surface area contributed by atoms with Crippen LogP contribution in [0.3, 0.4) is 0 Å². The summed E-state index contributed by atoms with van der Waals surface area (Å²) < 4.78 is 0. The first kappa shape index (κ1) is 11.8. The number of aryl methyl sites for hydroxylation is 1. The van der Waals surface area contributed by atoms with E-state index in [0.29, 0.717) is 0 Å². The summed E-state index contributed by atoms with van der Waals surface area (Å²) in [4.78, 5) is 0. The number of anilines is 2. The lowest BCUT2D eigenvalue weighted by molar-refractivity contribution is 1.31. The average Bonchev–Trinajstić information content (AvgIpc) is 2.15. The van der Waals surface area contributed by atoms with Gasteiger partial charge in [0.2, 0.25) is 0 Å². The third-order valence-electron chi connectivity index (χ3n) is 2.20. The van der Waals surface area contributed by atoms with Gasteiger partial charge in [0.25, 0.3) is 0 Å². The molecule has 0 unspecified atom stereocenters. The molecule has 2 heteroatoms. The van der Waals surface area contributed by atoms with Gasteiger partial charge in [-0.25, -0.2) is 0 Å². The van der Waals surface area contributed by atoms with Crippen molar-refractivity contribution >= 4 is 11.4 Å². The van der Waals surface area contributed by atoms with Gasteiger partial charge in [0.05, 0.1) is 0 Å². The smallest absolute Gasteiger partial charge is 0.0396 e. The lowest BCUT2D eigenvalue weighted by atomic mass is 10.0. The van der Waals surface area contributed by atoms with E-state index in [1.165, 1.54) is 0 Å². The summed E-state index contributed by atoms with van der Waals surface area (Å²) in [5.41, 5.74) is 16.4. The van der Waals surface area contributed by atoms with Gasteiger partial charge in [0, 0.05) is 11.4 Å². The number of benzene rings is 1. The van der Waals surface area contributed by atoms with Crippen LogP contribution in [0.5, 0.6) is 0 Å². The Morgan fingerprint density at radius 2 is 1.38 bits per heavy atom. The van der Waals surface area contributed by atoms with Crippen LogP contribution >= 0.6 is 0 Å². The van der Waals surface area contributed by atoms with Crippen LogP contribution in [0.15, 0.2) is 6.07 Å². The Morgan fingerprint density at radius 3 is 1.85 bits per heavy atom. The minimum atomic E-state index is 0.783. The molecule has 74 valence electrons. The van der Waals surface area contributed by atoms with E-state index in [0.717, 1.165) is 28.1 Å². The molecule has 1 rings (SSSR count). The second kappa shape index (κ2) is 4.75. The predicted molar refractivity (Wildman–Crippen MR) is 60.8 cm³/mol. The molecule has 0 heterocycles. The molecule has 0 saturated carbocycles. The van der Waals surface area contributed by atoms with E-state index >= 15 is 0 Å². The molecule has 1 aromatic rings. The largest absolute Gasteiger partial charge is 0.398 e. The van der Waals surface area contributed by atoms with Gasteiger partial charge in [-0.1, -0.05) is 13.8 Å². The van der Waals surface area contributed by atoms with Crippen molar-refractivity contribution < 1.29 is 0 Å². The van der Waals surface area contributed by atoms with Crippen molar-refractivity contribution in [1.82, 2.24) is 0 Å². The lowest BCUT2D eigenvalue weighted by Crippen LogP contribution is -2.00. The van der Waals surface area contributed by atoms with Crippen LogP contribution in [0.2, 0.25) is 0 Å². The van der Waals surface area contributed by atoms with Gasteiger partial charge in [-0.05, 0) is 43.5 Å². The zero-order valence-electron chi connectivity index (χ0n) is 9.23. The molecule has 0 aliphatic carbocycles. The van der Waals surface area contributed by atoms with Crippen LogP contribution in [0.25, 0.3) is 0 Å². The van der Waals surface area contributed by atoms with Crippen molar-refractivity contribution in [3.8, 4) is 0 Å². The molecule has 0 atom stereocenters. The second-order valence-electron chi connectivity index (χ2n) is 2.95. The molecular weight excluding hydrogens is 160 g/mol. The van der Waals surface area contributed by atoms with E-state index in [-0.39, 0.29) is 0 Å². The summed E-state index contributed by atoms with van der Waals surface area (Å²) in [7, 11) is 0. The van der Waals surface area contributed by atoms with Crippen LogP contribution in [-0.2, 0) is 0 Å². The van der Waals surface area contributed by atoms with E-state index in [4.69, 9.17) is 11.5 Å². The van der Waals surface area contributed by atoms with Gasteiger partial charge >= 0.3 is 0 Å². The zero-order chi connectivity index (χ0) is 10.6. The summed E-state index contributed by atoms with van der Waals surface area (Å²) in [5, 5.41) is 0. The van der Waals surface area contributed by atoms with Crippen LogP contribution in [0, 0.1) is 20.8 Å². The Morgan fingerprint density at radius 1 is 0.923 bits per heavy atom. The first-order valence-corrected chi connectivity index (χ1v) is 4.65. The van der Waals surface area contributed by atoms with Crippen LogP contribution in [0.1, 0.15) is 30.5 Å². The normalized spacial score (nSPS) is 9.00. The molecule has 0 radical (unpaired) electrons. The Labute approximate surface area is 80.9 Å². The molecule has 0 saturated heterocycles. The molecule has 13 heavy (non-hydrogen) atoms. The zero-order valence-corrected chi connectivity index (χ0v) is 9.23. The van der Waals surface area contributed by atoms with Crippen molar-refractivity contribution in [2.24, 2.45) is 0 Å². The van der Waals surface area contributed by atoms with Gasteiger partial charge in [-0.3, -0.25) is 0 Å². The second-order valence-corrected chi connectivity index (χ2v) is 2.95. The summed E-state index contributed by atoms with van der Waals surface area (Å²) >= 11 is 0. The van der Waals surface area contributed by atoms with Gasteiger partial charge in [0.1, 0.15) is 0 Å². The monoisotopic (exact) mass is 180 g/mol. The fourth-order valence-electron chi connectivity index (χ4n) is 1.10. The highest BCUT2D eigenvalue weighted by Crippen LogP contribution is 2.25. The molecule has 0 amide bonds. The maximum Gasteiger partial charge on any atom is 0.0396 e. The number of nitrogen functional groups attached to an aromatic ring is 2. The van der Waals surface area contributed by atoms with Crippen molar-refractivity contribution in [3.63, 3.8) is 0 Å². The SMILES string of the molecule is CC.Cc1cc(N)c(C)c(N)c1C. The van der Waals surface area contributed by atoms with Gasteiger partial charge in [-0.2, -0.15) is 0 Å². The van der Waals surface area contributed by atoms with E-state index < -0.39 is 0 Å². The van der Waals surface area contributed by atoms with E-state index in [9.17, 15) is 0 Å². The summed E-state index contributed by atoms with van der Waals surface area (Å²) in [5.74, 6) is 0. The van der Waals surface area contributed by atoms with Crippen LogP contribution in [-0.4, -0.2) is 0 Å². The molecule has 4 N–H and O–H groups in total. The Bertz CT molecular complexity index is 264. The van der Waals surface area contributed by atoms with Gasteiger partial charge in [0.15, 0.2) is 0 Å². The highest BCUT2D eigenvalue weighted by molar-refractivity contribution is 5.66. The molecule has 0 aliphatic heterocycles. The molecule has 2 nitrogen and oxygen atoms in total. The van der Waals surface area contributed by atoms with Crippen molar-refractivity contribution in [3.05, 3.63) is 22.8 Å². The fraction of sp³-hybridized carbons (Fsp3) is 0.455. The predicted octanol–water partition coefficient (Wildman–Crippen LogP) is 2.80. The third-order valence-corrected chi connectivity index (χ3v) is 2.20. The quantitative estimate of drug-likeness (QED) is 0.603. The van der Waals surface area contributed by atoms with E-state index in [2.05, 4.69) is 0 Å². The van der Waals surface area contributed by atoms with Crippen LogP contribution < -0.4 is 11.5 Å².